The topological polar surface area (TPSA) is 76.6 Å². The predicted octanol–water partition coefficient (Wildman–Crippen LogP) is 6.62. The number of nitrogens with zero attached hydrogens (tertiary/aromatic N) is 3. The third-order valence-corrected chi connectivity index (χ3v) is 6.68. The molecule has 7 nitrogen and oxygen atoms in total. The number of amides is 2. The molecule has 0 spiro atoms. The Morgan fingerprint density at radius 2 is 1.72 bits per heavy atom. The molecule has 0 radical (unpaired) electrons. The predicted molar refractivity (Wildman–Crippen MR) is 139 cm³/mol. The van der Waals surface area contributed by atoms with Crippen LogP contribution in [0.5, 0.6) is 17.4 Å². The first-order valence-electron chi connectivity index (χ1n) is 11.8. The van der Waals surface area contributed by atoms with Crippen LogP contribution in [0.4, 0.5) is 23.8 Å². The molecule has 0 bridgehead atoms. The van der Waals surface area contributed by atoms with Crippen molar-refractivity contribution in [1.82, 2.24) is 15.3 Å². The van der Waals surface area contributed by atoms with Gasteiger partial charge in [-0.1, -0.05) is 35.9 Å². The number of aromatic nitrogens is 2. The normalized spacial score (nSPS) is 17.2. The van der Waals surface area contributed by atoms with E-state index in [0.717, 1.165) is 17.7 Å². The van der Waals surface area contributed by atoms with Gasteiger partial charge in [-0.2, -0.15) is 13.2 Å². The van der Waals surface area contributed by atoms with E-state index < -0.39 is 23.3 Å². The van der Waals surface area contributed by atoms with Gasteiger partial charge in [0.2, 0.25) is 5.88 Å². The molecule has 2 amide bonds. The Morgan fingerprint density at radius 1 is 1.00 bits per heavy atom. The van der Waals surface area contributed by atoms with Crippen molar-refractivity contribution < 1.29 is 27.4 Å². The Kier molecular flexibility index (Phi) is 7.05. The molecule has 11 heteroatoms. The number of methoxy groups -OCH3 is 1. The van der Waals surface area contributed by atoms with Crippen LogP contribution in [0.2, 0.25) is 5.02 Å². The lowest BCUT2D eigenvalue weighted by molar-refractivity contribution is -0.137. The van der Waals surface area contributed by atoms with E-state index in [4.69, 9.17) is 21.1 Å². The average molecular weight is 555 g/mol. The Hall–Kier alpha value is -4.31. The summed E-state index contributed by atoms with van der Waals surface area (Å²) in [5, 5.41) is 3.34. The number of nitrogens with one attached hydrogen (secondary N) is 1. The highest BCUT2D eigenvalue weighted by atomic mass is 35.5. The van der Waals surface area contributed by atoms with Crippen LogP contribution < -0.4 is 19.7 Å². The van der Waals surface area contributed by atoms with Gasteiger partial charge in [-0.3, -0.25) is 4.90 Å². The van der Waals surface area contributed by atoms with E-state index in [2.05, 4.69) is 15.3 Å². The molecule has 1 aliphatic rings. The first-order chi connectivity index (χ1) is 18.7. The summed E-state index contributed by atoms with van der Waals surface area (Å²) in [4.78, 5) is 23.2. The number of carbonyl (C=O) groups is 1. The second kappa shape index (κ2) is 10.5. The van der Waals surface area contributed by atoms with Gasteiger partial charge in [0.25, 0.3) is 0 Å². The third-order valence-electron chi connectivity index (χ3n) is 6.43. The SMILES string of the molecule is COc1ccc(C[C@]2(c3cccc(C(F)(F)F)c3)CNC(=O)N2c2cnc(Oc3ccc(Cl)cc3)cn2)cc1. The maximum Gasteiger partial charge on any atom is 0.416 e. The lowest BCUT2D eigenvalue weighted by atomic mass is 9.82. The Bertz CT molecular complexity index is 1470. The molecule has 4 aromatic rings. The highest BCUT2D eigenvalue weighted by Crippen LogP contribution is 2.41. The van der Waals surface area contributed by atoms with Crippen LogP contribution in [0, 0.1) is 0 Å². The summed E-state index contributed by atoms with van der Waals surface area (Å²) in [7, 11) is 1.54. The number of halogens is 4. The van der Waals surface area contributed by atoms with Gasteiger partial charge in [-0.25, -0.2) is 14.8 Å². The van der Waals surface area contributed by atoms with Crippen molar-refractivity contribution in [3.63, 3.8) is 0 Å². The number of alkyl halides is 3. The van der Waals surface area contributed by atoms with E-state index in [1.54, 1.807) is 49.6 Å². The second-order valence-corrected chi connectivity index (χ2v) is 9.33. The molecule has 1 saturated heterocycles. The fourth-order valence-corrected chi connectivity index (χ4v) is 4.67. The summed E-state index contributed by atoms with van der Waals surface area (Å²) < 4.78 is 52.0. The molecule has 1 fully saturated rings. The van der Waals surface area contributed by atoms with Crippen molar-refractivity contribution in [2.75, 3.05) is 18.6 Å². The maximum atomic E-state index is 13.7. The van der Waals surface area contributed by atoms with Crippen molar-refractivity contribution in [2.24, 2.45) is 0 Å². The summed E-state index contributed by atoms with van der Waals surface area (Å²) in [5.74, 6) is 1.43. The number of hydrogen-bond acceptors (Lipinski definition) is 5. The van der Waals surface area contributed by atoms with Crippen molar-refractivity contribution in [1.29, 1.82) is 0 Å². The van der Waals surface area contributed by atoms with Crippen LogP contribution in [0.1, 0.15) is 16.7 Å². The number of ether oxygens (including phenoxy) is 2. The van der Waals surface area contributed by atoms with Crippen molar-refractivity contribution >= 4 is 23.4 Å². The Labute approximate surface area is 227 Å². The number of hydrogen-bond donors (Lipinski definition) is 1. The minimum atomic E-state index is -4.56. The zero-order valence-corrected chi connectivity index (χ0v) is 21.3. The minimum Gasteiger partial charge on any atom is -0.497 e. The van der Waals surface area contributed by atoms with Crippen molar-refractivity contribution in [3.8, 4) is 17.4 Å². The molecule has 2 heterocycles. The fourth-order valence-electron chi connectivity index (χ4n) is 4.54. The molecular formula is C28H22ClF3N4O3. The number of benzene rings is 3. The second-order valence-electron chi connectivity index (χ2n) is 8.90. The van der Waals surface area contributed by atoms with Gasteiger partial charge in [-0.05, 0) is 59.7 Å². The first-order valence-corrected chi connectivity index (χ1v) is 12.2. The lowest BCUT2D eigenvalue weighted by Gasteiger charge is -2.37. The fraction of sp³-hybridized carbons (Fsp3) is 0.179. The number of anilines is 1. The summed E-state index contributed by atoms with van der Waals surface area (Å²) in [6, 6.07) is 18.3. The smallest absolute Gasteiger partial charge is 0.416 e. The summed E-state index contributed by atoms with van der Waals surface area (Å²) in [5.41, 5.74) is -0.966. The molecule has 5 rings (SSSR count). The highest BCUT2D eigenvalue weighted by molar-refractivity contribution is 6.30. The molecule has 0 unspecified atom stereocenters. The molecule has 1 aliphatic heterocycles. The van der Waals surface area contributed by atoms with Gasteiger partial charge >= 0.3 is 12.2 Å². The van der Waals surface area contributed by atoms with Gasteiger partial charge < -0.3 is 14.8 Å². The average Bonchev–Trinajstić information content (AvgIpc) is 3.27. The van der Waals surface area contributed by atoms with E-state index in [-0.39, 0.29) is 24.7 Å². The van der Waals surface area contributed by atoms with Crippen LogP contribution in [0.3, 0.4) is 0 Å². The third kappa shape index (κ3) is 5.46. The summed E-state index contributed by atoms with van der Waals surface area (Å²) >= 11 is 5.91. The van der Waals surface area contributed by atoms with Gasteiger partial charge in [0.15, 0.2) is 5.82 Å². The van der Waals surface area contributed by atoms with Gasteiger partial charge in [0, 0.05) is 18.0 Å². The van der Waals surface area contributed by atoms with E-state index in [9.17, 15) is 18.0 Å². The molecule has 1 atom stereocenters. The number of rotatable bonds is 7. The molecule has 1 aromatic heterocycles. The van der Waals surface area contributed by atoms with E-state index in [1.807, 2.05) is 12.1 Å². The zero-order chi connectivity index (χ0) is 27.6. The molecule has 3 aromatic carbocycles. The minimum absolute atomic E-state index is 0.0455. The highest BCUT2D eigenvalue weighted by Gasteiger charge is 2.49. The standard InChI is InChI=1S/C28H22ClF3N4O3/c1-38-22-9-5-18(6-10-22)14-27(19-3-2-4-20(13-19)28(30,31)32)17-35-26(37)36(27)24-15-34-25(16-33-24)39-23-11-7-21(29)8-12-23/h2-13,15-16H,14,17H2,1H3,(H,35,37)/t27-/m1/s1. The van der Waals surface area contributed by atoms with Crippen LogP contribution in [-0.2, 0) is 18.1 Å². The van der Waals surface area contributed by atoms with Gasteiger partial charge in [-0.15, -0.1) is 0 Å². The molecule has 1 N–H and O–H groups in total. The molecule has 39 heavy (non-hydrogen) atoms. The van der Waals surface area contributed by atoms with E-state index >= 15 is 0 Å². The molecule has 200 valence electrons. The molecular weight excluding hydrogens is 533 g/mol. The Balaban J connectivity index is 1.55. The number of carbonyl (C=O) groups excluding carboxylic acids is 1. The van der Waals surface area contributed by atoms with Gasteiger partial charge in [0.05, 0.1) is 30.6 Å². The van der Waals surface area contributed by atoms with E-state index in [1.165, 1.54) is 23.4 Å². The summed E-state index contributed by atoms with van der Waals surface area (Å²) in [6.07, 6.45) is -1.66. The molecule has 0 saturated carbocycles. The van der Waals surface area contributed by atoms with Crippen LogP contribution in [0.15, 0.2) is 85.2 Å². The monoisotopic (exact) mass is 554 g/mol. The Morgan fingerprint density at radius 3 is 2.36 bits per heavy atom. The van der Waals surface area contributed by atoms with Gasteiger partial charge in [0.1, 0.15) is 11.5 Å². The quantitative estimate of drug-likeness (QED) is 0.278. The van der Waals surface area contributed by atoms with Crippen LogP contribution in [-0.4, -0.2) is 29.7 Å². The van der Waals surface area contributed by atoms with Crippen LogP contribution >= 0.6 is 11.6 Å². The van der Waals surface area contributed by atoms with Crippen molar-refractivity contribution in [3.05, 3.63) is 107 Å². The molecule has 0 aliphatic carbocycles. The van der Waals surface area contributed by atoms with Crippen molar-refractivity contribution in [2.45, 2.75) is 18.1 Å². The summed E-state index contributed by atoms with van der Waals surface area (Å²) in [6.45, 7) is 0.0455. The number of urea groups is 1. The lowest BCUT2D eigenvalue weighted by Crippen LogP contribution is -2.47. The van der Waals surface area contributed by atoms with E-state index in [0.29, 0.717) is 22.1 Å². The maximum absolute atomic E-state index is 13.7. The zero-order valence-electron chi connectivity index (χ0n) is 20.6. The van der Waals surface area contributed by atoms with Crippen LogP contribution in [0.25, 0.3) is 0 Å². The largest absolute Gasteiger partial charge is 0.497 e. The first kappa shape index (κ1) is 26.3.